The lowest BCUT2D eigenvalue weighted by atomic mass is 9.79. The molecule has 2 aliphatic rings. The van der Waals surface area contributed by atoms with Gasteiger partial charge in [0.2, 0.25) is 0 Å². The Morgan fingerprint density at radius 3 is 2.38 bits per heavy atom. The number of fused-ring (bicyclic) bond motifs is 1. The second-order valence-electron chi connectivity index (χ2n) is 8.94. The molecule has 32 heavy (non-hydrogen) atoms. The van der Waals surface area contributed by atoms with Gasteiger partial charge in [0.15, 0.2) is 0 Å². The van der Waals surface area contributed by atoms with Crippen LogP contribution in [0.1, 0.15) is 65.7 Å². The van der Waals surface area contributed by atoms with Gasteiger partial charge in [-0.1, -0.05) is 18.2 Å². The van der Waals surface area contributed by atoms with Gasteiger partial charge in [0, 0.05) is 6.42 Å². The zero-order valence-corrected chi connectivity index (χ0v) is 18.3. The molecule has 4 unspecified atom stereocenters. The van der Waals surface area contributed by atoms with Crippen LogP contribution in [0.25, 0.3) is 0 Å². The second-order valence-corrected chi connectivity index (χ2v) is 8.94. The first-order chi connectivity index (χ1) is 15.1. The van der Waals surface area contributed by atoms with E-state index in [-0.39, 0.29) is 11.9 Å². The molecule has 2 aromatic rings. The van der Waals surface area contributed by atoms with Crippen molar-refractivity contribution in [3.63, 3.8) is 0 Å². The number of aliphatic hydroxyl groups excluding tert-OH is 2. The molecule has 0 spiro atoms. The standard InChI is InChI=1S/C25H29F3O4/c1-14-11-22(29)23(30)24(31-14)21-13-17(20-6-4-3-5-19(20)15(21)2)12-16-7-9-18(10-8-16)32-25(26,27)28/h7-10,13-14,22-24,29-30H,3-6,11-12H2,1-2H3. The third-order valence-corrected chi connectivity index (χ3v) is 6.59. The topological polar surface area (TPSA) is 58.9 Å². The Hall–Kier alpha value is -2.09. The van der Waals surface area contributed by atoms with Crippen LogP contribution < -0.4 is 4.74 Å². The van der Waals surface area contributed by atoms with Gasteiger partial charge >= 0.3 is 6.36 Å². The smallest absolute Gasteiger partial charge is 0.406 e. The first-order valence-electron chi connectivity index (χ1n) is 11.1. The van der Waals surface area contributed by atoms with Crippen LogP contribution in [-0.2, 0) is 24.0 Å². The predicted octanol–water partition coefficient (Wildman–Crippen LogP) is 4.93. The van der Waals surface area contributed by atoms with Crippen LogP contribution in [-0.4, -0.2) is 34.9 Å². The van der Waals surface area contributed by atoms with Gasteiger partial charge in [0.25, 0.3) is 0 Å². The molecule has 2 aromatic carbocycles. The number of benzene rings is 2. The number of rotatable bonds is 4. The average Bonchev–Trinajstić information content (AvgIpc) is 2.73. The van der Waals surface area contributed by atoms with Crippen molar-refractivity contribution in [2.75, 3.05) is 0 Å². The van der Waals surface area contributed by atoms with Gasteiger partial charge < -0.3 is 19.7 Å². The first kappa shape index (κ1) is 23.1. The zero-order chi connectivity index (χ0) is 23.0. The number of halogens is 3. The Morgan fingerprint density at radius 1 is 1.06 bits per heavy atom. The van der Waals surface area contributed by atoms with Crippen LogP contribution in [0, 0.1) is 6.92 Å². The molecule has 1 aliphatic heterocycles. The minimum atomic E-state index is -4.71. The molecular formula is C25H29F3O4. The van der Waals surface area contributed by atoms with E-state index in [1.807, 2.05) is 13.8 Å². The van der Waals surface area contributed by atoms with Crippen molar-refractivity contribution >= 4 is 0 Å². The van der Waals surface area contributed by atoms with Gasteiger partial charge in [-0.05, 0) is 91.5 Å². The fourth-order valence-electron chi connectivity index (χ4n) is 5.04. The molecular weight excluding hydrogens is 421 g/mol. The van der Waals surface area contributed by atoms with E-state index in [4.69, 9.17) is 4.74 Å². The molecule has 0 radical (unpaired) electrons. The molecule has 1 fully saturated rings. The monoisotopic (exact) mass is 450 g/mol. The van der Waals surface area contributed by atoms with Gasteiger partial charge in [-0.15, -0.1) is 13.2 Å². The van der Waals surface area contributed by atoms with Crippen molar-refractivity contribution in [1.82, 2.24) is 0 Å². The van der Waals surface area contributed by atoms with Crippen molar-refractivity contribution in [1.29, 1.82) is 0 Å². The maximum absolute atomic E-state index is 12.5. The van der Waals surface area contributed by atoms with Crippen LogP contribution in [0.4, 0.5) is 13.2 Å². The largest absolute Gasteiger partial charge is 0.573 e. The van der Waals surface area contributed by atoms with E-state index in [9.17, 15) is 23.4 Å². The zero-order valence-electron chi connectivity index (χ0n) is 18.3. The number of alkyl halides is 3. The minimum Gasteiger partial charge on any atom is -0.406 e. The van der Waals surface area contributed by atoms with Crippen molar-refractivity contribution in [2.24, 2.45) is 0 Å². The van der Waals surface area contributed by atoms with Crippen molar-refractivity contribution in [2.45, 2.75) is 83.2 Å². The summed E-state index contributed by atoms with van der Waals surface area (Å²) < 4.78 is 47.4. The highest BCUT2D eigenvalue weighted by atomic mass is 19.4. The van der Waals surface area contributed by atoms with Gasteiger partial charge in [-0.25, -0.2) is 0 Å². The molecule has 174 valence electrons. The van der Waals surface area contributed by atoms with E-state index < -0.39 is 24.7 Å². The molecule has 1 heterocycles. The van der Waals surface area contributed by atoms with E-state index in [2.05, 4.69) is 10.8 Å². The maximum Gasteiger partial charge on any atom is 0.573 e. The summed E-state index contributed by atoms with van der Waals surface area (Å²) in [5.74, 6) is -0.241. The molecule has 1 aliphatic carbocycles. The molecule has 0 saturated carbocycles. The second kappa shape index (κ2) is 9.04. The van der Waals surface area contributed by atoms with Gasteiger partial charge in [-0.2, -0.15) is 0 Å². The summed E-state index contributed by atoms with van der Waals surface area (Å²) in [5, 5.41) is 21.0. The quantitative estimate of drug-likeness (QED) is 0.693. The van der Waals surface area contributed by atoms with Crippen LogP contribution in [0.5, 0.6) is 5.75 Å². The summed E-state index contributed by atoms with van der Waals surface area (Å²) in [6.45, 7) is 3.94. The molecule has 4 atom stereocenters. The van der Waals surface area contributed by atoms with E-state index in [1.54, 1.807) is 12.1 Å². The fourth-order valence-corrected chi connectivity index (χ4v) is 5.04. The Balaban J connectivity index is 1.68. The molecule has 0 aromatic heterocycles. The molecule has 1 saturated heterocycles. The maximum atomic E-state index is 12.5. The lowest BCUT2D eigenvalue weighted by Crippen LogP contribution is -2.42. The van der Waals surface area contributed by atoms with Crippen LogP contribution in [0.15, 0.2) is 30.3 Å². The van der Waals surface area contributed by atoms with E-state index in [0.29, 0.717) is 12.8 Å². The summed E-state index contributed by atoms with van der Waals surface area (Å²) >= 11 is 0. The summed E-state index contributed by atoms with van der Waals surface area (Å²) in [7, 11) is 0. The predicted molar refractivity (Wildman–Crippen MR) is 114 cm³/mol. The van der Waals surface area contributed by atoms with Gasteiger partial charge in [0.1, 0.15) is 18.0 Å². The van der Waals surface area contributed by atoms with Crippen LogP contribution in [0.2, 0.25) is 0 Å². The number of hydrogen-bond donors (Lipinski definition) is 2. The highest BCUT2D eigenvalue weighted by Gasteiger charge is 2.37. The molecule has 0 bridgehead atoms. The average molecular weight is 450 g/mol. The molecule has 7 heteroatoms. The Kier molecular flexibility index (Phi) is 6.52. The van der Waals surface area contributed by atoms with Crippen molar-refractivity contribution < 1.29 is 32.9 Å². The Morgan fingerprint density at radius 2 is 1.72 bits per heavy atom. The third-order valence-electron chi connectivity index (χ3n) is 6.59. The van der Waals surface area contributed by atoms with Crippen LogP contribution in [0.3, 0.4) is 0 Å². The number of hydrogen-bond acceptors (Lipinski definition) is 4. The molecule has 4 rings (SSSR count). The first-order valence-corrected chi connectivity index (χ1v) is 11.1. The van der Waals surface area contributed by atoms with Crippen molar-refractivity contribution in [3.8, 4) is 5.75 Å². The molecule has 4 nitrogen and oxygen atoms in total. The van der Waals surface area contributed by atoms with E-state index in [0.717, 1.165) is 47.9 Å². The highest BCUT2D eigenvalue weighted by molar-refractivity contribution is 5.50. The van der Waals surface area contributed by atoms with E-state index in [1.165, 1.54) is 23.3 Å². The third kappa shape index (κ3) is 4.95. The summed E-state index contributed by atoms with van der Waals surface area (Å²) in [5.41, 5.74) is 6.50. The van der Waals surface area contributed by atoms with Gasteiger partial charge in [0.05, 0.1) is 12.2 Å². The lowest BCUT2D eigenvalue weighted by molar-refractivity contribution is -0.274. The lowest BCUT2D eigenvalue weighted by Gasteiger charge is -2.38. The number of ether oxygens (including phenoxy) is 2. The summed E-state index contributed by atoms with van der Waals surface area (Å²) in [6, 6.07) is 8.01. The minimum absolute atomic E-state index is 0.168. The Labute approximate surface area is 186 Å². The van der Waals surface area contributed by atoms with Crippen molar-refractivity contribution in [3.05, 3.63) is 63.7 Å². The van der Waals surface area contributed by atoms with E-state index >= 15 is 0 Å². The summed E-state index contributed by atoms with van der Waals surface area (Å²) in [6.07, 6.45) is -2.31. The molecule has 0 amide bonds. The fraction of sp³-hybridized carbons (Fsp3) is 0.520. The number of aliphatic hydroxyl groups is 2. The molecule has 2 N–H and O–H groups in total. The normalized spacial score (nSPS) is 26.0. The highest BCUT2D eigenvalue weighted by Crippen LogP contribution is 2.39. The SMILES string of the molecule is Cc1c(C2OC(C)CC(O)C2O)cc(Cc2ccc(OC(F)(F)F)cc2)c2c1CCCC2. The van der Waals surface area contributed by atoms with Crippen LogP contribution >= 0.6 is 0 Å². The van der Waals surface area contributed by atoms with Gasteiger partial charge in [-0.3, -0.25) is 0 Å². The Bertz CT molecular complexity index is 955. The summed E-state index contributed by atoms with van der Waals surface area (Å²) in [4.78, 5) is 0.